The molecule has 2 aromatic heterocycles. The Balaban J connectivity index is 2.39. The van der Waals surface area contributed by atoms with Gasteiger partial charge >= 0.3 is 0 Å². The first-order valence-electron chi connectivity index (χ1n) is 6.13. The molecule has 5 heteroatoms. The molecule has 0 atom stereocenters. The quantitative estimate of drug-likeness (QED) is 0.597. The summed E-state index contributed by atoms with van der Waals surface area (Å²) < 4.78 is 7.25. The van der Waals surface area contributed by atoms with Crippen LogP contribution in [0, 0.1) is 6.92 Å². The molecular formula is C13H18ClN3O. The molecule has 0 aliphatic heterocycles. The van der Waals surface area contributed by atoms with Crippen molar-refractivity contribution in [3.8, 4) is 0 Å². The molecule has 4 nitrogen and oxygen atoms in total. The van der Waals surface area contributed by atoms with E-state index in [0.29, 0.717) is 5.88 Å². The fraction of sp³-hybridized carbons (Fsp3) is 0.538. The van der Waals surface area contributed by atoms with Gasteiger partial charge in [0, 0.05) is 38.8 Å². The van der Waals surface area contributed by atoms with Gasteiger partial charge in [0.05, 0.1) is 0 Å². The van der Waals surface area contributed by atoms with Crippen LogP contribution in [0.1, 0.15) is 17.8 Å². The summed E-state index contributed by atoms with van der Waals surface area (Å²) in [5.41, 5.74) is 3.09. The van der Waals surface area contributed by atoms with E-state index < -0.39 is 0 Å². The van der Waals surface area contributed by atoms with Crippen LogP contribution in [0.15, 0.2) is 12.3 Å². The number of hydrogen-bond donors (Lipinski definition) is 0. The second kappa shape index (κ2) is 6.16. The summed E-state index contributed by atoms with van der Waals surface area (Å²) in [5.74, 6) is 1.59. The monoisotopic (exact) mass is 267 g/mol. The second-order valence-corrected chi connectivity index (χ2v) is 4.64. The molecular weight excluding hydrogens is 250 g/mol. The Morgan fingerprint density at radius 3 is 3.00 bits per heavy atom. The third kappa shape index (κ3) is 2.65. The SMILES string of the molecule is COCCCn1c(CCCl)nc2c(C)ccnc21. The van der Waals surface area contributed by atoms with E-state index in [1.165, 1.54) is 0 Å². The summed E-state index contributed by atoms with van der Waals surface area (Å²) in [6.45, 7) is 3.67. The first-order chi connectivity index (χ1) is 8.77. The number of rotatable bonds is 6. The van der Waals surface area contributed by atoms with Crippen LogP contribution in [0.5, 0.6) is 0 Å². The van der Waals surface area contributed by atoms with Crippen molar-refractivity contribution < 1.29 is 4.74 Å². The number of halogens is 1. The molecule has 0 aliphatic carbocycles. The molecule has 0 aliphatic rings. The van der Waals surface area contributed by atoms with Crippen molar-refractivity contribution in [2.75, 3.05) is 19.6 Å². The maximum Gasteiger partial charge on any atom is 0.160 e. The lowest BCUT2D eigenvalue weighted by Gasteiger charge is -2.07. The average Bonchev–Trinajstić information content (AvgIpc) is 2.70. The van der Waals surface area contributed by atoms with E-state index in [0.717, 1.165) is 48.5 Å². The van der Waals surface area contributed by atoms with Gasteiger partial charge in [-0.25, -0.2) is 9.97 Å². The van der Waals surface area contributed by atoms with Crippen LogP contribution in [-0.4, -0.2) is 34.1 Å². The topological polar surface area (TPSA) is 39.9 Å². The molecule has 0 bridgehead atoms. The molecule has 2 rings (SSSR count). The van der Waals surface area contributed by atoms with Crippen LogP contribution < -0.4 is 0 Å². The largest absolute Gasteiger partial charge is 0.385 e. The Morgan fingerprint density at radius 1 is 1.44 bits per heavy atom. The van der Waals surface area contributed by atoms with Gasteiger partial charge in [-0.1, -0.05) is 0 Å². The van der Waals surface area contributed by atoms with Gasteiger partial charge in [0.15, 0.2) is 5.65 Å². The fourth-order valence-electron chi connectivity index (χ4n) is 2.06. The van der Waals surface area contributed by atoms with Gasteiger partial charge < -0.3 is 9.30 Å². The number of ether oxygens (including phenoxy) is 1. The van der Waals surface area contributed by atoms with Gasteiger partial charge in [0.2, 0.25) is 0 Å². The molecule has 0 amide bonds. The van der Waals surface area contributed by atoms with Crippen molar-refractivity contribution in [3.63, 3.8) is 0 Å². The number of fused-ring (bicyclic) bond motifs is 1. The number of alkyl halides is 1. The predicted molar refractivity (Wildman–Crippen MR) is 73.2 cm³/mol. The van der Waals surface area contributed by atoms with Crippen molar-refractivity contribution in [1.82, 2.24) is 14.5 Å². The predicted octanol–water partition coefficient (Wildman–Crippen LogP) is 2.56. The van der Waals surface area contributed by atoms with Crippen molar-refractivity contribution in [3.05, 3.63) is 23.7 Å². The highest BCUT2D eigenvalue weighted by Gasteiger charge is 2.12. The second-order valence-electron chi connectivity index (χ2n) is 4.27. The minimum atomic E-state index is 0.576. The number of aromatic nitrogens is 3. The number of pyridine rings is 1. The van der Waals surface area contributed by atoms with Crippen molar-refractivity contribution in [2.45, 2.75) is 26.3 Å². The van der Waals surface area contributed by atoms with Gasteiger partial charge in [-0.2, -0.15) is 0 Å². The smallest absolute Gasteiger partial charge is 0.160 e. The normalized spacial score (nSPS) is 11.3. The summed E-state index contributed by atoms with van der Waals surface area (Å²) in [6, 6.07) is 1.99. The molecule has 0 spiro atoms. The lowest BCUT2D eigenvalue weighted by atomic mass is 10.3. The average molecular weight is 268 g/mol. The van der Waals surface area contributed by atoms with E-state index in [-0.39, 0.29) is 0 Å². The van der Waals surface area contributed by atoms with Gasteiger partial charge in [0.25, 0.3) is 0 Å². The van der Waals surface area contributed by atoms with Gasteiger partial charge in [-0.15, -0.1) is 11.6 Å². The zero-order chi connectivity index (χ0) is 13.0. The van der Waals surface area contributed by atoms with Crippen LogP contribution in [-0.2, 0) is 17.7 Å². The van der Waals surface area contributed by atoms with Crippen LogP contribution in [0.2, 0.25) is 0 Å². The lowest BCUT2D eigenvalue weighted by molar-refractivity contribution is 0.190. The Kier molecular flexibility index (Phi) is 4.55. The van der Waals surface area contributed by atoms with Crippen molar-refractivity contribution in [1.29, 1.82) is 0 Å². The zero-order valence-corrected chi connectivity index (χ0v) is 11.6. The van der Waals surface area contributed by atoms with E-state index in [1.54, 1.807) is 7.11 Å². The first-order valence-corrected chi connectivity index (χ1v) is 6.67. The van der Waals surface area contributed by atoms with Crippen LogP contribution >= 0.6 is 11.6 Å². The molecule has 0 fully saturated rings. The summed E-state index contributed by atoms with van der Waals surface area (Å²) in [6.07, 6.45) is 3.55. The highest BCUT2D eigenvalue weighted by Crippen LogP contribution is 2.18. The van der Waals surface area contributed by atoms with E-state index in [4.69, 9.17) is 16.3 Å². The Morgan fingerprint density at radius 2 is 2.28 bits per heavy atom. The Hall–Kier alpha value is -1.13. The summed E-state index contributed by atoms with van der Waals surface area (Å²) in [7, 11) is 1.72. The van der Waals surface area contributed by atoms with Crippen molar-refractivity contribution in [2.24, 2.45) is 0 Å². The standard InChI is InChI=1S/C13H18ClN3O/c1-10-5-7-15-13-12(10)16-11(4-6-14)17(13)8-3-9-18-2/h5,7H,3-4,6,8-9H2,1-2H3. The summed E-state index contributed by atoms with van der Waals surface area (Å²) in [5, 5.41) is 0. The number of methoxy groups -OCH3 is 1. The maximum atomic E-state index is 5.84. The number of hydrogen-bond acceptors (Lipinski definition) is 3. The highest BCUT2D eigenvalue weighted by atomic mass is 35.5. The minimum Gasteiger partial charge on any atom is -0.385 e. The number of aryl methyl sites for hydroxylation is 3. The van der Waals surface area contributed by atoms with E-state index >= 15 is 0 Å². The molecule has 0 aromatic carbocycles. The van der Waals surface area contributed by atoms with E-state index in [2.05, 4.69) is 21.5 Å². The van der Waals surface area contributed by atoms with Crippen molar-refractivity contribution >= 4 is 22.8 Å². The molecule has 2 heterocycles. The Labute approximate surface area is 112 Å². The summed E-state index contributed by atoms with van der Waals surface area (Å²) in [4.78, 5) is 9.10. The first kappa shape index (κ1) is 13.3. The third-order valence-corrected chi connectivity index (χ3v) is 3.15. The zero-order valence-electron chi connectivity index (χ0n) is 10.8. The minimum absolute atomic E-state index is 0.576. The van der Waals surface area contributed by atoms with Crippen LogP contribution in [0.3, 0.4) is 0 Å². The maximum absolute atomic E-state index is 5.84. The van der Waals surface area contributed by atoms with Gasteiger partial charge in [0.1, 0.15) is 11.3 Å². The Bertz CT molecular complexity index is 524. The molecule has 0 saturated heterocycles. The number of nitrogens with zero attached hydrogens (tertiary/aromatic N) is 3. The van der Waals surface area contributed by atoms with Crippen LogP contribution in [0.25, 0.3) is 11.2 Å². The fourth-order valence-corrected chi connectivity index (χ4v) is 2.23. The van der Waals surface area contributed by atoms with E-state index in [1.807, 2.05) is 12.3 Å². The van der Waals surface area contributed by atoms with Gasteiger partial charge in [-0.3, -0.25) is 0 Å². The van der Waals surface area contributed by atoms with E-state index in [9.17, 15) is 0 Å². The van der Waals surface area contributed by atoms with Gasteiger partial charge in [-0.05, 0) is 25.0 Å². The van der Waals surface area contributed by atoms with Crippen LogP contribution in [0.4, 0.5) is 0 Å². The highest BCUT2D eigenvalue weighted by molar-refractivity contribution is 6.17. The lowest BCUT2D eigenvalue weighted by Crippen LogP contribution is -2.07. The molecule has 0 radical (unpaired) electrons. The summed E-state index contributed by atoms with van der Waals surface area (Å²) >= 11 is 5.84. The third-order valence-electron chi connectivity index (χ3n) is 2.96. The molecule has 2 aromatic rings. The molecule has 0 unspecified atom stereocenters. The molecule has 18 heavy (non-hydrogen) atoms. The molecule has 0 saturated carbocycles. The molecule has 98 valence electrons. The molecule has 0 N–H and O–H groups in total. The number of imidazole rings is 1.